The van der Waals surface area contributed by atoms with E-state index in [1.807, 2.05) is 12.2 Å². The normalized spacial score (nSPS) is 10.0. The largest absolute Gasteiger partial charge is 0.857 e. The third-order valence-corrected chi connectivity index (χ3v) is 0.586. The monoisotopic (exact) mass is 307 g/mol. The third kappa shape index (κ3) is 15.7. The predicted molar refractivity (Wildman–Crippen MR) is 33.4 cm³/mol. The van der Waals surface area contributed by atoms with Crippen LogP contribution in [0.3, 0.4) is 0 Å². The molecule has 0 aliphatic heterocycles. The zero-order valence-electron chi connectivity index (χ0n) is 6.26. The van der Waals surface area contributed by atoms with Crippen molar-refractivity contribution < 1.29 is 36.1 Å². The van der Waals surface area contributed by atoms with Gasteiger partial charge in [0.1, 0.15) is 0 Å². The number of hydrogen-bond donors (Lipinski definition) is 0. The second kappa shape index (κ2) is 22.8. The van der Waals surface area contributed by atoms with Gasteiger partial charge in [-0.3, -0.25) is 6.08 Å². The first-order valence-electron chi connectivity index (χ1n) is 2.53. The molecule has 0 saturated carbocycles. The van der Waals surface area contributed by atoms with Gasteiger partial charge in [0, 0.05) is 25.8 Å². The van der Waals surface area contributed by atoms with Crippen molar-refractivity contribution in [1.82, 2.24) is 0 Å². The minimum Gasteiger partial charge on any atom is -0.857 e. The van der Waals surface area contributed by atoms with E-state index in [-0.39, 0.29) is 25.8 Å². The summed E-state index contributed by atoms with van der Waals surface area (Å²) in [6.45, 7) is 0. The molecule has 3 heteroatoms. The van der Waals surface area contributed by atoms with E-state index in [0.717, 1.165) is 20.6 Å². The molecule has 0 aromatic heterocycles. The van der Waals surface area contributed by atoms with Crippen LogP contribution in [0.1, 0.15) is 6.42 Å². The van der Waals surface area contributed by atoms with Crippen LogP contribution in [0.4, 0.5) is 0 Å². The molecule has 0 bridgehead atoms. The zero-order chi connectivity index (χ0) is 7.54. The fourth-order valence-corrected chi connectivity index (χ4v) is 0.340. The molecule has 0 fully saturated rings. The van der Waals surface area contributed by atoms with Crippen LogP contribution in [0, 0.1) is 6.08 Å². The summed E-state index contributed by atoms with van der Waals surface area (Å²) in [7, 11) is 1.50. The number of rotatable bonds is 0. The first kappa shape index (κ1) is 16.7. The molecule has 1 rings (SSSR count). The van der Waals surface area contributed by atoms with Crippen molar-refractivity contribution in [3.8, 4) is 0 Å². The van der Waals surface area contributed by atoms with Gasteiger partial charge >= 0.3 is 0 Å². The molecule has 0 spiro atoms. The standard InChI is InChI=1S/C5H5.2CH3O.Hf/c1-2-4-5-3-1;2*1-2;/h1-3H,4H2;2*1H3;/q3*-1;. The average molecular weight is 306 g/mol. The number of allylic oxidation sites excluding steroid dienone is 4. The van der Waals surface area contributed by atoms with Gasteiger partial charge in [0.25, 0.3) is 0 Å². The van der Waals surface area contributed by atoms with Crippen molar-refractivity contribution in [1.29, 1.82) is 0 Å². The van der Waals surface area contributed by atoms with Gasteiger partial charge in [-0.25, -0.2) is 12.2 Å². The molecule has 0 amide bonds. The van der Waals surface area contributed by atoms with Gasteiger partial charge in [-0.1, -0.05) is 0 Å². The quantitative estimate of drug-likeness (QED) is 0.437. The molecular weight excluding hydrogens is 295 g/mol. The van der Waals surface area contributed by atoms with E-state index in [1.165, 1.54) is 0 Å². The smallest absolute Gasteiger partial charge is 0 e. The van der Waals surface area contributed by atoms with Crippen molar-refractivity contribution in [2.24, 2.45) is 0 Å². The fraction of sp³-hybridized carbons (Fsp3) is 0.429. The summed E-state index contributed by atoms with van der Waals surface area (Å²) in [5, 5.41) is 16.5. The maximum Gasteiger partial charge on any atom is 0 e. The molecule has 58 valence electrons. The Morgan fingerprint density at radius 3 is 1.80 bits per heavy atom. The summed E-state index contributed by atoms with van der Waals surface area (Å²) in [6.07, 6.45) is 10.0. The van der Waals surface area contributed by atoms with Crippen molar-refractivity contribution >= 4 is 0 Å². The minimum absolute atomic E-state index is 0. The second-order valence-corrected chi connectivity index (χ2v) is 1.00. The van der Waals surface area contributed by atoms with Gasteiger partial charge in [0.05, 0.1) is 0 Å². The summed E-state index contributed by atoms with van der Waals surface area (Å²) in [5.41, 5.74) is 0. The predicted octanol–water partition coefficient (Wildman–Crippen LogP) is -0.744. The summed E-state index contributed by atoms with van der Waals surface area (Å²) < 4.78 is 0. The minimum atomic E-state index is 0. The summed E-state index contributed by atoms with van der Waals surface area (Å²) in [5.74, 6) is 0. The van der Waals surface area contributed by atoms with E-state index in [1.54, 1.807) is 0 Å². The maximum absolute atomic E-state index is 8.25. The van der Waals surface area contributed by atoms with E-state index >= 15 is 0 Å². The molecule has 0 aromatic rings. The zero-order valence-corrected chi connectivity index (χ0v) is 9.85. The Hall–Kier alpha value is 0.270. The Labute approximate surface area is 81.1 Å². The van der Waals surface area contributed by atoms with E-state index in [9.17, 15) is 0 Å². The van der Waals surface area contributed by atoms with Crippen LogP contribution in [0.5, 0.6) is 0 Å². The SMILES string of the molecule is C[O-].C[O-].[C-]1=CC=CC1.[Hf]. The molecule has 0 N–H and O–H groups in total. The molecule has 0 radical (unpaired) electrons. The molecule has 0 heterocycles. The Balaban J connectivity index is -0.0000000875. The van der Waals surface area contributed by atoms with Gasteiger partial charge in [0.15, 0.2) is 0 Å². The summed E-state index contributed by atoms with van der Waals surface area (Å²) >= 11 is 0. The van der Waals surface area contributed by atoms with Crippen LogP contribution in [0.25, 0.3) is 0 Å². The molecule has 1 aliphatic rings. The fourth-order valence-electron chi connectivity index (χ4n) is 0.340. The van der Waals surface area contributed by atoms with Gasteiger partial charge < -0.3 is 10.2 Å². The molecule has 0 saturated heterocycles. The Morgan fingerprint density at radius 1 is 1.20 bits per heavy atom. The van der Waals surface area contributed by atoms with E-state index in [0.29, 0.717) is 0 Å². The molecule has 2 nitrogen and oxygen atoms in total. The summed E-state index contributed by atoms with van der Waals surface area (Å²) in [6, 6.07) is 0. The van der Waals surface area contributed by atoms with Gasteiger partial charge in [-0.2, -0.15) is 20.3 Å². The van der Waals surface area contributed by atoms with Gasteiger partial charge in [-0.05, 0) is 0 Å². The van der Waals surface area contributed by atoms with E-state index in [2.05, 4.69) is 12.2 Å². The van der Waals surface area contributed by atoms with E-state index < -0.39 is 0 Å². The first-order chi connectivity index (χ1) is 4.50. The number of hydrogen-bond acceptors (Lipinski definition) is 2. The Bertz CT molecular complexity index is 69.7. The van der Waals surface area contributed by atoms with E-state index in [4.69, 9.17) is 10.2 Å². The molecule has 0 atom stereocenters. The van der Waals surface area contributed by atoms with Gasteiger partial charge in [-0.15, -0.1) is 6.42 Å². The molecular formula is C7H11HfO2-3. The third-order valence-electron chi connectivity index (χ3n) is 0.586. The van der Waals surface area contributed by atoms with Crippen LogP contribution in [0.15, 0.2) is 18.2 Å². The molecule has 0 aromatic carbocycles. The van der Waals surface area contributed by atoms with Crippen LogP contribution in [0.2, 0.25) is 0 Å². The second-order valence-electron chi connectivity index (χ2n) is 1.00. The Kier molecular flexibility index (Phi) is 38.1. The van der Waals surface area contributed by atoms with Crippen LogP contribution in [-0.2, 0) is 25.8 Å². The van der Waals surface area contributed by atoms with Crippen molar-refractivity contribution in [3.63, 3.8) is 0 Å². The van der Waals surface area contributed by atoms with Crippen molar-refractivity contribution in [2.75, 3.05) is 14.2 Å². The molecule has 1 aliphatic carbocycles. The van der Waals surface area contributed by atoms with Crippen molar-refractivity contribution in [2.45, 2.75) is 6.42 Å². The summed E-state index contributed by atoms with van der Waals surface area (Å²) in [4.78, 5) is 0. The maximum atomic E-state index is 8.25. The van der Waals surface area contributed by atoms with Crippen LogP contribution >= 0.6 is 0 Å². The Morgan fingerprint density at radius 2 is 1.70 bits per heavy atom. The van der Waals surface area contributed by atoms with Crippen LogP contribution < -0.4 is 10.2 Å². The first-order valence-corrected chi connectivity index (χ1v) is 2.53. The topological polar surface area (TPSA) is 46.1 Å². The molecule has 0 unspecified atom stereocenters. The van der Waals surface area contributed by atoms with Gasteiger partial charge in [0.2, 0.25) is 0 Å². The van der Waals surface area contributed by atoms with Crippen molar-refractivity contribution in [3.05, 3.63) is 24.3 Å². The average Bonchev–Trinajstić information content (AvgIpc) is 2.51. The van der Waals surface area contributed by atoms with Crippen LogP contribution in [-0.4, -0.2) is 14.2 Å². The molecule has 10 heavy (non-hydrogen) atoms.